The molecule has 0 bridgehead atoms. The lowest BCUT2D eigenvalue weighted by atomic mass is 9.90. The molecule has 2 fully saturated rings. The zero-order valence-electron chi connectivity index (χ0n) is 14.5. The predicted molar refractivity (Wildman–Crippen MR) is 91.8 cm³/mol. The average molecular weight is 313 g/mol. The monoisotopic (exact) mass is 312 g/mol. The molecule has 2 rings (SSSR count). The summed E-state index contributed by atoms with van der Waals surface area (Å²) in [5, 5.41) is 0. The Morgan fingerprint density at radius 3 is 2.19 bits per heavy atom. The maximum absolute atomic E-state index is 6.66. The van der Waals surface area contributed by atoms with Crippen molar-refractivity contribution in [1.29, 1.82) is 0 Å². The summed E-state index contributed by atoms with van der Waals surface area (Å²) < 4.78 is 13.2. The molecular weight excluding hydrogens is 276 g/mol. The summed E-state index contributed by atoms with van der Waals surface area (Å²) in [5.74, 6) is 0.866. The molecule has 0 spiro atoms. The minimum absolute atomic E-state index is 0.746. The lowest BCUT2D eigenvalue weighted by Gasteiger charge is -2.46. The zero-order valence-corrected chi connectivity index (χ0v) is 15.5. The van der Waals surface area contributed by atoms with Crippen LogP contribution in [0, 0.1) is 5.92 Å². The van der Waals surface area contributed by atoms with E-state index in [0.717, 1.165) is 36.6 Å². The van der Waals surface area contributed by atoms with E-state index in [0.29, 0.717) is 0 Å². The normalized spacial score (nSPS) is 31.0. The van der Waals surface area contributed by atoms with Crippen LogP contribution < -0.4 is 0 Å². The molecule has 3 unspecified atom stereocenters. The van der Waals surface area contributed by atoms with Gasteiger partial charge in [-0.25, -0.2) is 0 Å². The third kappa shape index (κ3) is 4.32. The van der Waals surface area contributed by atoms with Crippen LogP contribution in [0.1, 0.15) is 85.0 Å². The first-order valence-electron chi connectivity index (χ1n) is 9.50. The van der Waals surface area contributed by atoms with Crippen LogP contribution in [0.3, 0.4) is 0 Å². The van der Waals surface area contributed by atoms with Crippen LogP contribution >= 0.6 is 0 Å². The van der Waals surface area contributed by atoms with Gasteiger partial charge >= 0.3 is 8.56 Å². The molecule has 0 radical (unpaired) electrons. The van der Waals surface area contributed by atoms with Gasteiger partial charge in [-0.1, -0.05) is 46.0 Å². The summed E-state index contributed by atoms with van der Waals surface area (Å²) in [4.78, 5) is 0. The molecule has 3 atom stereocenters. The average Bonchev–Trinajstić information content (AvgIpc) is 2.52. The second kappa shape index (κ2) is 8.69. The van der Waals surface area contributed by atoms with Crippen molar-refractivity contribution in [2.45, 2.75) is 96.1 Å². The van der Waals surface area contributed by atoms with Gasteiger partial charge in [0.15, 0.2) is 0 Å². The standard InChI is InChI=1S/C18H36O2Si/c1-4-14-20-21(19-5-2,17-11-7-6-8-12-17)18-13-9-10-16(3)15-18/h16-18H,4-15H2,1-3H3. The Morgan fingerprint density at radius 2 is 1.57 bits per heavy atom. The lowest BCUT2D eigenvalue weighted by molar-refractivity contribution is 0.135. The first-order valence-corrected chi connectivity index (χ1v) is 11.5. The fourth-order valence-corrected chi connectivity index (χ4v) is 9.86. The van der Waals surface area contributed by atoms with E-state index < -0.39 is 8.56 Å². The van der Waals surface area contributed by atoms with Gasteiger partial charge in [0.2, 0.25) is 0 Å². The predicted octanol–water partition coefficient (Wildman–Crippen LogP) is 5.81. The fraction of sp³-hybridized carbons (Fsp3) is 1.00. The van der Waals surface area contributed by atoms with Crippen molar-refractivity contribution in [3.63, 3.8) is 0 Å². The molecule has 2 aliphatic rings. The van der Waals surface area contributed by atoms with Crippen molar-refractivity contribution in [1.82, 2.24) is 0 Å². The Balaban J connectivity index is 2.19. The quantitative estimate of drug-likeness (QED) is 0.553. The van der Waals surface area contributed by atoms with Crippen molar-refractivity contribution in [2.75, 3.05) is 13.2 Å². The molecule has 0 saturated heterocycles. The molecule has 0 N–H and O–H groups in total. The van der Waals surface area contributed by atoms with Crippen LogP contribution in [0.4, 0.5) is 0 Å². The van der Waals surface area contributed by atoms with Crippen LogP contribution in [0.5, 0.6) is 0 Å². The summed E-state index contributed by atoms with van der Waals surface area (Å²) in [5.41, 5.74) is 1.50. The van der Waals surface area contributed by atoms with Crippen molar-refractivity contribution in [3.8, 4) is 0 Å². The van der Waals surface area contributed by atoms with E-state index in [2.05, 4.69) is 20.8 Å². The Labute approximate surface area is 133 Å². The van der Waals surface area contributed by atoms with Gasteiger partial charge in [0, 0.05) is 24.3 Å². The van der Waals surface area contributed by atoms with Gasteiger partial charge in [-0.05, 0) is 44.9 Å². The van der Waals surface area contributed by atoms with Crippen molar-refractivity contribution in [2.24, 2.45) is 5.92 Å². The second-order valence-corrected chi connectivity index (χ2v) is 11.0. The smallest absolute Gasteiger partial charge is 0.344 e. The van der Waals surface area contributed by atoms with E-state index >= 15 is 0 Å². The molecule has 0 aliphatic heterocycles. The maximum atomic E-state index is 6.66. The summed E-state index contributed by atoms with van der Waals surface area (Å²) >= 11 is 0. The molecule has 0 aromatic rings. The summed E-state index contributed by atoms with van der Waals surface area (Å²) in [6.45, 7) is 8.59. The highest BCUT2D eigenvalue weighted by atomic mass is 28.4. The molecule has 0 aromatic carbocycles. The van der Waals surface area contributed by atoms with E-state index in [1.165, 1.54) is 57.8 Å². The molecular formula is C18H36O2Si. The van der Waals surface area contributed by atoms with Gasteiger partial charge < -0.3 is 8.85 Å². The van der Waals surface area contributed by atoms with Gasteiger partial charge in [-0.3, -0.25) is 0 Å². The molecule has 2 aliphatic carbocycles. The van der Waals surface area contributed by atoms with Crippen molar-refractivity contribution >= 4 is 8.56 Å². The van der Waals surface area contributed by atoms with E-state index in [-0.39, 0.29) is 0 Å². The Kier molecular flexibility index (Phi) is 7.23. The van der Waals surface area contributed by atoms with Crippen LogP contribution in [0.2, 0.25) is 11.1 Å². The lowest BCUT2D eigenvalue weighted by Crippen LogP contribution is -2.53. The SMILES string of the molecule is CCCO[Si](OCC)(C1CCCCC1)C1CCCC(C)C1. The molecule has 0 heterocycles. The Hall–Kier alpha value is 0.137. The zero-order chi connectivity index (χ0) is 15.1. The van der Waals surface area contributed by atoms with E-state index in [9.17, 15) is 0 Å². The van der Waals surface area contributed by atoms with Gasteiger partial charge in [0.25, 0.3) is 0 Å². The van der Waals surface area contributed by atoms with Crippen molar-refractivity contribution in [3.05, 3.63) is 0 Å². The minimum Gasteiger partial charge on any atom is -0.394 e. The molecule has 2 nitrogen and oxygen atoms in total. The summed E-state index contributed by atoms with van der Waals surface area (Å²) in [6.07, 6.45) is 13.6. The van der Waals surface area contributed by atoms with E-state index in [1.54, 1.807) is 0 Å². The number of hydrogen-bond acceptors (Lipinski definition) is 2. The third-order valence-corrected chi connectivity index (χ3v) is 10.4. The number of hydrogen-bond donors (Lipinski definition) is 0. The van der Waals surface area contributed by atoms with Crippen LogP contribution in [0.25, 0.3) is 0 Å². The third-order valence-electron chi connectivity index (χ3n) is 5.58. The Morgan fingerprint density at radius 1 is 0.857 bits per heavy atom. The van der Waals surface area contributed by atoms with E-state index in [1.807, 2.05) is 0 Å². The van der Waals surface area contributed by atoms with Gasteiger partial charge in [0.1, 0.15) is 0 Å². The molecule has 0 aromatic heterocycles. The summed E-state index contributed by atoms with van der Waals surface area (Å²) in [6, 6.07) is 0. The van der Waals surface area contributed by atoms with E-state index in [4.69, 9.17) is 8.85 Å². The molecule has 21 heavy (non-hydrogen) atoms. The molecule has 124 valence electrons. The van der Waals surface area contributed by atoms with Crippen LogP contribution in [-0.4, -0.2) is 21.8 Å². The largest absolute Gasteiger partial charge is 0.394 e. The summed E-state index contributed by atoms with van der Waals surface area (Å²) in [7, 11) is -2.06. The number of rotatable bonds is 7. The molecule has 2 saturated carbocycles. The highest BCUT2D eigenvalue weighted by Crippen LogP contribution is 2.50. The Bertz CT molecular complexity index is 291. The topological polar surface area (TPSA) is 18.5 Å². The first-order chi connectivity index (χ1) is 10.2. The highest BCUT2D eigenvalue weighted by Gasteiger charge is 2.52. The second-order valence-electron chi connectivity index (χ2n) is 7.31. The van der Waals surface area contributed by atoms with Gasteiger partial charge in [-0.15, -0.1) is 0 Å². The van der Waals surface area contributed by atoms with Crippen LogP contribution in [0.15, 0.2) is 0 Å². The highest BCUT2D eigenvalue weighted by molar-refractivity contribution is 6.70. The van der Waals surface area contributed by atoms with Crippen molar-refractivity contribution < 1.29 is 8.85 Å². The maximum Gasteiger partial charge on any atom is 0.344 e. The fourth-order valence-electron chi connectivity index (χ4n) is 4.64. The molecule has 0 amide bonds. The van der Waals surface area contributed by atoms with Crippen LogP contribution in [-0.2, 0) is 8.85 Å². The van der Waals surface area contributed by atoms with Gasteiger partial charge in [-0.2, -0.15) is 0 Å². The first kappa shape index (κ1) is 17.5. The minimum atomic E-state index is -2.06. The molecule has 3 heteroatoms. The van der Waals surface area contributed by atoms with Gasteiger partial charge in [0.05, 0.1) is 0 Å².